The molecule has 1 heteroatoms. The second-order valence-electron chi connectivity index (χ2n) is 5.49. The summed E-state index contributed by atoms with van der Waals surface area (Å²) in [6.45, 7) is 5.85. The third-order valence-electron chi connectivity index (χ3n) is 4.14. The molecule has 86 valence electrons. The number of rotatable bonds is 6. The molecule has 0 aromatic rings. The molecular weight excluding hydrogens is 182 g/mol. The van der Waals surface area contributed by atoms with E-state index in [1.165, 1.54) is 38.6 Å². The molecule has 1 nitrogen and oxygen atoms in total. The van der Waals surface area contributed by atoms with Crippen molar-refractivity contribution in [3.05, 3.63) is 12.2 Å². The predicted molar refractivity (Wildman–Crippen MR) is 65.8 cm³/mol. The molecule has 1 saturated carbocycles. The molecule has 0 radical (unpaired) electrons. The summed E-state index contributed by atoms with van der Waals surface area (Å²) in [5.41, 5.74) is 0. The van der Waals surface area contributed by atoms with Crippen LogP contribution in [0.1, 0.15) is 46.0 Å². The Labute approximate surface area is 94.3 Å². The fourth-order valence-corrected chi connectivity index (χ4v) is 3.09. The van der Waals surface area contributed by atoms with E-state index in [9.17, 15) is 0 Å². The van der Waals surface area contributed by atoms with E-state index in [2.05, 4.69) is 31.3 Å². The van der Waals surface area contributed by atoms with E-state index >= 15 is 0 Å². The lowest BCUT2D eigenvalue weighted by molar-refractivity contribution is 0.379. The van der Waals surface area contributed by atoms with Gasteiger partial charge in [-0.05, 0) is 50.5 Å². The van der Waals surface area contributed by atoms with Gasteiger partial charge in [-0.2, -0.15) is 0 Å². The summed E-state index contributed by atoms with van der Waals surface area (Å²) in [5.74, 6) is 2.76. The van der Waals surface area contributed by atoms with Crippen LogP contribution in [0.4, 0.5) is 0 Å². The average molecular weight is 207 g/mol. The van der Waals surface area contributed by atoms with Crippen molar-refractivity contribution in [3.63, 3.8) is 0 Å². The van der Waals surface area contributed by atoms with Crippen molar-refractivity contribution in [1.29, 1.82) is 0 Å². The van der Waals surface area contributed by atoms with E-state index < -0.39 is 0 Å². The minimum absolute atomic E-state index is 0.716. The van der Waals surface area contributed by atoms with Crippen molar-refractivity contribution in [1.82, 2.24) is 5.32 Å². The second-order valence-corrected chi connectivity index (χ2v) is 5.49. The highest BCUT2D eigenvalue weighted by atomic mass is 14.9. The largest absolute Gasteiger partial charge is 0.314 e. The Morgan fingerprint density at radius 3 is 2.80 bits per heavy atom. The van der Waals surface area contributed by atoms with Crippen LogP contribution in [-0.2, 0) is 0 Å². The van der Waals surface area contributed by atoms with Crippen LogP contribution in [0.5, 0.6) is 0 Å². The average Bonchev–Trinajstić information content (AvgIpc) is 2.84. The summed E-state index contributed by atoms with van der Waals surface area (Å²) in [6.07, 6.45) is 11.8. The number of nitrogens with one attached hydrogen (secondary N) is 1. The first kappa shape index (κ1) is 11.2. The SMILES string of the molecule is CCCCC(C)NCC1CC2C=CC1C2. The van der Waals surface area contributed by atoms with Crippen molar-refractivity contribution in [2.45, 2.75) is 52.0 Å². The van der Waals surface area contributed by atoms with Gasteiger partial charge in [-0.1, -0.05) is 31.9 Å². The van der Waals surface area contributed by atoms with Crippen LogP contribution in [0, 0.1) is 17.8 Å². The van der Waals surface area contributed by atoms with Crippen LogP contribution in [0.25, 0.3) is 0 Å². The van der Waals surface area contributed by atoms with E-state index in [0.717, 1.165) is 17.8 Å². The smallest absolute Gasteiger partial charge is 0.00388 e. The summed E-state index contributed by atoms with van der Waals surface area (Å²) in [4.78, 5) is 0. The predicted octanol–water partition coefficient (Wildman–Crippen LogP) is 3.37. The molecule has 0 aromatic heterocycles. The third kappa shape index (κ3) is 2.84. The lowest BCUT2D eigenvalue weighted by Crippen LogP contribution is -2.32. The molecule has 4 atom stereocenters. The lowest BCUT2D eigenvalue weighted by Gasteiger charge is -2.21. The van der Waals surface area contributed by atoms with Crippen molar-refractivity contribution in [2.75, 3.05) is 6.54 Å². The molecule has 0 spiro atoms. The minimum Gasteiger partial charge on any atom is -0.314 e. The molecule has 1 fully saturated rings. The molecule has 4 unspecified atom stereocenters. The summed E-state index contributed by atoms with van der Waals surface area (Å²) in [7, 11) is 0. The van der Waals surface area contributed by atoms with Crippen molar-refractivity contribution in [2.24, 2.45) is 17.8 Å². The normalized spacial score (nSPS) is 34.9. The van der Waals surface area contributed by atoms with Gasteiger partial charge in [0, 0.05) is 6.04 Å². The highest BCUT2D eigenvalue weighted by Gasteiger charge is 2.35. The Hall–Kier alpha value is -0.300. The van der Waals surface area contributed by atoms with E-state index in [-0.39, 0.29) is 0 Å². The van der Waals surface area contributed by atoms with Crippen LogP contribution >= 0.6 is 0 Å². The van der Waals surface area contributed by atoms with Crippen LogP contribution in [0.3, 0.4) is 0 Å². The Bertz CT molecular complexity index is 221. The molecule has 2 aliphatic carbocycles. The number of unbranched alkanes of at least 4 members (excludes halogenated alkanes) is 1. The zero-order chi connectivity index (χ0) is 10.7. The molecule has 2 bridgehead atoms. The van der Waals surface area contributed by atoms with Gasteiger partial charge >= 0.3 is 0 Å². The molecule has 2 aliphatic rings. The standard InChI is InChI=1S/C14H25N/c1-3-4-5-11(2)15-10-14-9-12-6-7-13(14)8-12/h6-7,11-15H,3-5,8-10H2,1-2H3. The molecule has 0 amide bonds. The number of fused-ring (bicyclic) bond motifs is 2. The maximum Gasteiger partial charge on any atom is 0.00388 e. The van der Waals surface area contributed by atoms with Crippen LogP contribution in [0.2, 0.25) is 0 Å². The first-order chi connectivity index (χ1) is 7.29. The van der Waals surface area contributed by atoms with Gasteiger partial charge < -0.3 is 5.32 Å². The Kier molecular flexibility index (Phi) is 3.85. The van der Waals surface area contributed by atoms with Crippen molar-refractivity contribution in [3.8, 4) is 0 Å². The molecule has 2 rings (SSSR count). The van der Waals surface area contributed by atoms with Crippen LogP contribution in [0.15, 0.2) is 12.2 Å². The van der Waals surface area contributed by atoms with E-state index in [4.69, 9.17) is 0 Å². The molecule has 15 heavy (non-hydrogen) atoms. The highest BCUT2D eigenvalue weighted by Crippen LogP contribution is 2.42. The fraction of sp³-hybridized carbons (Fsp3) is 0.857. The zero-order valence-corrected chi connectivity index (χ0v) is 10.2. The number of hydrogen-bond acceptors (Lipinski definition) is 1. The quantitative estimate of drug-likeness (QED) is 0.658. The van der Waals surface area contributed by atoms with E-state index in [1.807, 2.05) is 0 Å². The Balaban J connectivity index is 1.64. The van der Waals surface area contributed by atoms with Crippen molar-refractivity contribution < 1.29 is 0 Å². The first-order valence-corrected chi connectivity index (χ1v) is 6.71. The first-order valence-electron chi connectivity index (χ1n) is 6.71. The van der Waals surface area contributed by atoms with E-state index in [0.29, 0.717) is 6.04 Å². The van der Waals surface area contributed by atoms with Crippen LogP contribution < -0.4 is 5.32 Å². The van der Waals surface area contributed by atoms with Gasteiger partial charge in [-0.3, -0.25) is 0 Å². The van der Waals surface area contributed by atoms with Gasteiger partial charge in [-0.25, -0.2) is 0 Å². The van der Waals surface area contributed by atoms with Gasteiger partial charge in [0.15, 0.2) is 0 Å². The minimum atomic E-state index is 0.716. The monoisotopic (exact) mass is 207 g/mol. The van der Waals surface area contributed by atoms with Gasteiger partial charge in [0.05, 0.1) is 0 Å². The second kappa shape index (κ2) is 5.16. The van der Waals surface area contributed by atoms with Gasteiger partial charge in [0.25, 0.3) is 0 Å². The van der Waals surface area contributed by atoms with Crippen LogP contribution in [-0.4, -0.2) is 12.6 Å². The fourth-order valence-electron chi connectivity index (χ4n) is 3.09. The Morgan fingerprint density at radius 2 is 2.20 bits per heavy atom. The van der Waals surface area contributed by atoms with Gasteiger partial charge in [0.1, 0.15) is 0 Å². The zero-order valence-electron chi connectivity index (χ0n) is 10.2. The highest BCUT2D eigenvalue weighted by molar-refractivity contribution is 5.10. The molecule has 1 N–H and O–H groups in total. The lowest BCUT2D eigenvalue weighted by atomic mass is 9.93. The summed E-state index contributed by atoms with van der Waals surface area (Å²) < 4.78 is 0. The molecule has 0 aromatic carbocycles. The molecule has 0 aliphatic heterocycles. The number of allylic oxidation sites excluding steroid dienone is 2. The maximum absolute atomic E-state index is 3.71. The Morgan fingerprint density at radius 1 is 1.33 bits per heavy atom. The number of hydrogen-bond donors (Lipinski definition) is 1. The van der Waals surface area contributed by atoms with Gasteiger partial charge in [-0.15, -0.1) is 0 Å². The summed E-state index contributed by atoms with van der Waals surface area (Å²) in [5, 5.41) is 3.71. The third-order valence-corrected chi connectivity index (χ3v) is 4.14. The maximum atomic E-state index is 3.71. The van der Waals surface area contributed by atoms with Crippen molar-refractivity contribution >= 4 is 0 Å². The topological polar surface area (TPSA) is 12.0 Å². The molecular formula is C14H25N. The molecule has 0 heterocycles. The van der Waals surface area contributed by atoms with E-state index in [1.54, 1.807) is 0 Å². The van der Waals surface area contributed by atoms with Gasteiger partial charge in [0.2, 0.25) is 0 Å². The summed E-state index contributed by atoms with van der Waals surface area (Å²) >= 11 is 0. The summed E-state index contributed by atoms with van der Waals surface area (Å²) in [6, 6.07) is 0.716. The molecule has 0 saturated heterocycles.